The summed E-state index contributed by atoms with van der Waals surface area (Å²) in [6, 6.07) is 13.3. The van der Waals surface area contributed by atoms with Crippen molar-refractivity contribution in [2.24, 2.45) is 0 Å². The van der Waals surface area contributed by atoms with Crippen molar-refractivity contribution < 1.29 is 36.0 Å². The van der Waals surface area contributed by atoms with Crippen LogP contribution in [0.15, 0.2) is 48.5 Å². The summed E-state index contributed by atoms with van der Waals surface area (Å²) in [7, 11) is 0. The molecular weight excluding hydrogens is 361 g/mol. The van der Waals surface area contributed by atoms with Crippen LogP contribution in [0.25, 0.3) is 0 Å². The molecule has 0 heterocycles. The van der Waals surface area contributed by atoms with Crippen molar-refractivity contribution in [2.45, 2.75) is 0 Å². The van der Waals surface area contributed by atoms with E-state index in [1.807, 2.05) is 30.3 Å². The van der Waals surface area contributed by atoms with Crippen LogP contribution >= 0.6 is 0 Å². The minimum atomic E-state index is -1.06. The molecule has 96 valence electrons. The van der Waals surface area contributed by atoms with Gasteiger partial charge in [0.15, 0.2) is 3.57 Å². The van der Waals surface area contributed by atoms with Crippen molar-refractivity contribution in [1.82, 2.24) is 0 Å². The Labute approximate surface area is 119 Å². The third-order valence-electron chi connectivity index (χ3n) is 2.34. The van der Waals surface area contributed by atoms with Gasteiger partial charge in [-0.05, 0) is 18.2 Å². The monoisotopic (exact) mass is 370 g/mol. The molecule has 0 bridgehead atoms. The minimum absolute atomic E-state index is 0.0735. The zero-order chi connectivity index (χ0) is 13.8. The molecule has 0 saturated carbocycles. The summed E-state index contributed by atoms with van der Waals surface area (Å²) in [5.41, 5.74) is 0.0675. The standard InChI is InChI=1S/C13H8INO4/c16-13(17)11-7-6-10(15(18)19)8-12(11)14-9-4-2-1-3-5-9/h1-8H/p+1. The smallest absolute Gasteiger partial charge is 0.359 e. The van der Waals surface area contributed by atoms with Crippen LogP contribution in [0.3, 0.4) is 0 Å². The van der Waals surface area contributed by atoms with Gasteiger partial charge in [0.05, 0.1) is 11.0 Å². The second-order valence-electron chi connectivity index (χ2n) is 3.62. The Kier molecular flexibility index (Phi) is 4.10. The van der Waals surface area contributed by atoms with E-state index in [9.17, 15) is 14.9 Å². The molecule has 0 spiro atoms. The van der Waals surface area contributed by atoms with E-state index in [4.69, 9.17) is 5.11 Å². The highest BCUT2D eigenvalue weighted by molar-refractivity contribution is 5.87. The number of rotatable bonds is 4. The van der Waals surface area contributed by atoms with E-state index in [0.29, 0.717) is 3.57 Å². The van der Waals surface area contributed by atoms with Crippen molar-refractivity contribution in [3.8, 4) is 0 Å². The molecule has 0 aliphatic rings. The van der Waals surface area contributed by atoms with Gasteiger partial charge < -0.3 is 5.11 Å². The summed E-state index contributed by atoms with van der Waals surface area (Å²) in [4.78, 5) is 21.4. The molecule has 0 aliphatic carbocycles. The fourth-order valence-corrected chi connectivity index (χ4v) is 4.09. The van der Waals surface area contributed by atoms with Crippen LogP contribution in [0.4, 0.5) is 5.69 Å². The molecule has 0 saturated heterocycles. The number of hydrogen-bond donors (Lipinski definition) is 1. The first kappa shape index (κ1) is 13.5. The molecule has 0 aromatic heterocycles. The number of aromatic carboxylic acids is 1. The zero-order valence-corrected chi connectivity index (χ0v) is 11.8. The van der Waals surface area contributed by atoms with E-state index in [0.717, 1.165) is 3.57 Å². The summed E-state index contributed by atoms with van der Waals surface area (Å²) in [5, 5.41) is 19.9. The summed E-state index contributed by atoms with van der Waals surface area (Å²) >= 11 is -0.754. The Balaban J connectivity index is 2.43. The Hall–Kier alpha value is -1.96. The summed E-state index contributed by atoms with van der Waals surface area (Å²) in [5.74, 6) is -1.06. The van der Waals surface area contributed by atoms with E-state index in [1.165, 1.54) is 18.2 Å². The lowest BCUT2D eigenvalue weighted by atomic mass is 10.2. The first-order valence-corrected chi connectivity index (χ1v) is 7.45. The lowest BCUT2D eigenvalue weighted by Gasteiger charge is -1.95. The van der Waals surface area contributed by atoms with Crippen LogP contribution < -0.4 is 21.2 Å². The highest BCUT2D eigenvalue weighted by Crippen LogP contribution is 2.12. The van der Waals surface area contributed by atoms with Gasteiger partial charge in [0, 0.05) is 6.07 Å². The molecule has 2 aromatic rings. The summed E-state index contributed by atoms with van der Waals surface area (Å²) in [6.07, 6.45) is 0. The third-order valence-corrected chi connectivity index (χ3v) is 5.15. The molecule has 0 atom stereocenters. The van der Waals surface area contributed by atoms with Gasteiger partial charge in [-0.1, -0.05) is 18.2 Å². The Bertz CT molecular complexity index is 628. The van der Waals surface area contributed by atoms with E-state index in [2.05, 4.69) is 0 Å². The first-order valence-electron chi connectivity index (χ1n) is 5.29. The molecule has 6 heteroatoms. The van der Waals surface area contributed by atoms with Crippen molar-refractivity contribution in [2.75, 3.05) is 0 Å². The fourth-order valence-electron chi connectivity index (χ4n) is 1.46. The molecular formula is C13H9INO4+. The van der Waals surface area contributed by atoms with E-state index in [1.54, 1.807) is 0 Å². The van der Waals surface area contributed by atoms with Crippen LogP contribution in [-0.4, -0.2) is 16.0 Å². The molecule has 0 aliphatic heterocycles. The Morgan fingerprint density at radius 3 is 2.42 bits per heavy atom. The predicted octanol–water partition coefficient (Wildman–Crippen LogP) is -0.579. The Morgan fingerprint density at radius 2 is 1.84 bits per heavy atom. The lowest BCUT2D eigenvalue weighted by molar-refractivity contribution is -0.598. The molecule has 1 N–H and O–H groups in total. The van der Waals surface area contributed by atoms with Gasteiger partial charge in [-0.15, -0.1) is 0 Å². The van der Waals surface area contributed by atoms with Crippen molar-refractivity contribution >= 4 is 11.7 Å². The SMILES string of the molecule is O=C(O)c1ccc([N+](=O)[O-])cc1[I+]c1ccccc1. The highest BCUT2D eigenvalue weighted by atomic mass is 127. The highest BCUT2D eigenvalue weighted by Gasteiger charge is 2.26. The molecule has 2 rings (SSSR count). The largest absolute Gasteiger partial charge is 0.478 e. The third kappa shape index (κ3) is 3.28. The molecule has 19 heavy (non-hydrogen) atoms. The number of carboxylic acid groups (broad SMARTS) is 1. The molecule has 5 nitrogen and oxygen atoms in total. The lowest BCUT2D eigenvalue weighted by Crippen LogP contribution is -3.61. The number of halogens is 1. The molecule has 0 amide bonds. The first-order chi connectivity index (χ1) is 9.08. The maximum atomic E-state index is 11.1. The average molecular weight is 370 g/mol. The number of carboxylic acids is 1. The van der Waals surface area contributed by atoms with Crippen LogP contribution in [0, 0.1) is 17.3 Å². The normalized spacial score (nSPS) is 10.1. The van der Waals surface area contributed by atoms with Crippen LogP contribution in [0.2, 0.25) is 0 Å². The van der Waals surface area contributed by atoms with Crippen LogP contribution in [0.1, 0.15) is 10.4 Å². The maximum Gasteiger partial charge on any atom is 0.359 e. The van der Waals surface area contributed by atoms with Gasteiger partial charge in [-0.2, -0.15) is 0 Å². The number of nitrogens with zero attached hydrogens (tertiary/aromatic N) is 1. The topological polar surface area (TPSA) is 80.4 Å². The number of non-ortho nitro benzene ring substituents is 1. The van der Waals surface area contributed by atoms with E-state index >= 15 is 0 Å². The minimum Gasteiger partial charge on any atom is -0.478 e. The quantitative estimate of drug-likeness (QED) is 0.444. The number of carbonyl (C=O) groups is 1. The van der Waals surface area contributed by atoms with Gasteiger partial charge in [0.2, 0.25) is 3.57 Å². The van der Waals surface area contributed by atoms with Crippen molar-refractivity contribution in [1.29, 1.82) is 0 Å². The maximum absolute atomic E-state index is 11.1. The number of nitro groups is 1. The van der Waals surface area contributed by atoms with Crippen molar-refractivity contribution in [3.05, 3.63) is 71.3 Å². The van der Waals surface area contributed by atoms with E-state index in [-0.39, 0.29) is 11.3 Å². The van der Waals surface area contributed by atoms with Gasteiger partial charge >= 0.3 is 27.2 Å². The van der Waals surface area contributed by atoms with Crippen LogP contribution in [-0.2, 0) is 0 Å². The molecule has 2 aromatic carbocycles. The number of hydrogen-bond acceptors (Lipinski definition) is 3. The summed E-state index contributed by atoms with van der Waals surface area (Å²) < 4.78 is 1.57. The van der Waals surface area contributed by atoms with Gasteiger partial charge in [-0.3, -0.25) is 10.1 Å². The second kappa shape index (κ2) is 5.79. The fraction of sp³-hybridized carbons (Fsp3) is 0. The molecule has 0 radical (unpaired) electrons. The Morgan fingerprint density at radius 1 is 1.16 bits per heavy atom. The van der Waals surface area contributed by atoms with Gasteiger partial charge in [-0.25, -0.2) is 4.79 Å². The average Bonchev–Trinajstić information content (AvgIpc) is 2.39. The van der Waals surface area contributed by atoms with Gasteiger partial charge in [0.1, 0.15) is 5.56 Å². The molecule has 0 fully saturated rings. The number of benzene rings is 2. The van der Waals surface area contributed by atoms with Gasteiger partial charge in [0.25, 0.3) is 5.69 Å². The molecule has 0 unspecified atom stereocenters. The zero-order valence-electron chi connectivity index (χ0n) is 9.62. The number of nitro benzene ring substituents is 1. The van der Waals surface area contributed by atoms with Crippen molar-refractivity contribution in [3.63, 3.8) is 0 Å². The second-order valence-corrected chi connectivity index (χ2v) is 6.56. The van der Waals surface area contributed by atoms with E-state index < -0.39 is 32.1 Å². The van der Waals surface area contributed by atoms with Crippen LogP contribution in [0.5, 0.6) is 0 Å². The predicted molar refractivity (Wildman–Crippen MR) is 63.9 cm³/mol. The summed E-state index contributed by atoms with van der Waals surface area (Å²) in [6.45, 7) is 0.